The second kappa shape index (κ2) is 9.99. The number of nitrogens with zero attached hydrogens (tertiary/aromatic N) is 2. The van der Waals surface area contributed by atoms with Crippen LogP contribution in [0.15, 0.2) is 24.3 Å². The lowest BCUT2D eigenvalue weighted by Crippen LogP contribution is -2.49. The van der Waals surface area contributed by atoms with E-state index in [0.717, 1.165) is 18.7 Å². The van der Waals surface area contributed by atoms with Crippen molar-refractivity contribution in [2.75, 3.05) is 25.0 Å². The molecule has 1 N–H and O–H groups in total. The number of nitrogens with one attached hydrogen (secondary N) is 1. The van der Waals surface area contributed by atoms with Gasteiger partial charge in [-0.2, -0.15) is 0 Å². The first-order valence-corrected chi connectivity index (χ1v) is 10.6. The fourth-order valence-electron chi connectivity index (χ4n) is 3.65. The highest BCUT2D eigenvalue weighted by atomic mass is 16.6. The Morgan fingerprint density at radius 1 is 1.17 bits per heavy atom. The van der Waals surface area contributed by atoms with Crippen LogP contribution < -0.4 is 10.2 Å². The molecule has 1 aromatic rings. The summed E-state index contributed by atoms with van der Waals surface area (Å²) in [7, 11) is 1.80. The maximum absolute atomic E-state index is 13.2. The number of hydrogen-bond acceptors (Lipinski definition) is 4. The van der Waals surface area contributed by atoms with Crippen LogP contribution in [-0.4, -0.2) is 48.7 Å². The Kier molecular flexibility index (Phi) is 7.94. The van der Waals surface area contributed by atoms with Crippen molar-refractivity contribution in [1.29, 1.82) is 0 Å². The Balaban J connectivity index is 2.09. The predicted octanol–water partition coefficient (Wildman–Crippen LogP) is 4.18. The molecule has 0 bridgehead atoms. The van der Waals surface area contributed by atoms with E-state index in [4.69, 9.17) is 4.74 Å². The van der Waals surface area contributed by atoms with Gasteiger partial charge in [0, 0.05) is 32.4 Å². The topological polar surface area (TPSA) is 61.9 Å². The summed E-state index contributed by atoms with van der Waals surface area (Å²) in [6.45, 7) is 12.2. The van der Waals surface area contributed by atoms with Crippen LogP contribution in [0.25, 0.3) is 0 Å². The summed E-state index contributed by atoms with van der Waals surface area (Å²) in [5.41, 5.74) is 1.73. The summed E-state index contributed by atoms with van der Waals surface area (Å²) in [4.78, 5) is 29.5. The zero-order valence-corrected chi connectivity index (χ0v) is 18.8. The van der Waals surface area contributed by atoms with Crippen molar-refractivity contribution in [2.45, 2.75) is 72.1 Å². The summed E-state index contributed by atoms with van der Waals surface area (Å²) < 4.78 is 5.36. The Morgan fingerprint density at radius 2 is 1.79 bits per heavy atom. The van der Waals surface area contributed by atoms with Crippen molar-refractivity contribution in [3.8, 4) is 0 Å². The summed E-state index contributed by atoms with van der Waals surface area (Å²) in [5, 5.41) is 2.78. The summed E-state index contributed by atoms with van der Waals surface area (Å²) >= 11 is 0. The number of likely N-dealkylation sites (N-methyl/N-ethyl adjacent to an activating group) is 1. The SMILES string of the molecule is CC(C)CC(NC(=O)OC(C)(C)C)C(=O)N(C)Cc1ccccc1N1CCCC1. The summed E-state index contributed by atoms with van der Waals surface area (Å²) in [6.07, 6.45) is 2.43. The molecule has 1 aromatic carbocycles. The van der Waals surface area contributed by atoms with Crippen LogP contribution in [0.5, 0.6) is 0 Å². The van der Waals surface area contributed by atoms with Crippen LogP contribution in [0.1, 0.15) is 59.4 Å². The van der Waals surface area contributed by atoms with Gasteiger partial charge >= 0.3 is 6.09 Å². The maximum atomic E-state index is 13.2. The molecule has 6 nitrogen and oxygen atoms in total. The molecule has 162 valence electrons. The minimum Gasteiger partial charge on any atom is -0.444 e. The Labute approximate surface area is 175 Å². The number of rotatable bonds is 7. The van der Waals surface area contributed by atoms with Crippen LogP contribution in [0.3, 0.4) is 0 Å². The first-order valence-electron chi connectivity index (χ1n) is 10.6. The first kappa shape index (κ1) is 23.0. The minimum absolute atomic E-state index is 0.0965. The quantitative estimate of drug-likeness (QED) is 0.742. The van der Waals surface area contributed by atoms with Gasteiger partial charge in [0.15, 0.2) is 0 Å². The van der Waals surface area contributed by atoms with Crippen LogP contribution in [-0.2, 0) is 16.1 Å². The number of carbonyl (C=O) groups is 2. The molecule has 1 aliphatic rings. The third kappa shape index (κ3) is 7.26. The molecule has 0 aliphatic carbocycles. The van der Waals surface area contributed by atoms with Gasteiger partial charge in [-0.3, -0.25) is 4.79 Å². The minimum atomic E-state index is -0.603. The van der Waals surface area contributed by atoms with E-state index >= 15 is 0 Å². The molecule has 0 aromatic heterocycles. The number of alkyl carbamates (subject to hydrolysis) is 1. The van der Waals surface area contributed by atoms with Gasteiger partial charge in [-0.1, -0.05) is 32.0 Å². The maximum Gasteiger partial charge on any atom is 0.408 e. The molecule has 0 spiro atoms. The molecule has 1 unspecified atom stereocenters. The highest BCUT2D eigenvalue weighted by molar-refractivity contribution is 5.85. The van der Waals surface area contributed by atoms with Gasteiger partial charge in [0.25, 0.3) is 0 Å². The van der Waals surface area contributed by atoms with E-state index in [1.807, 2.05) is 46.8 Å². The van der Waals surface area contributed by atoms with Crippen molar-refractivity contribution < 1.29 is 14.3 Å². The number of benzene rings is 1. The summed E-state index contributed by atoms with van der Waals surface area (Å²) in [6, 6.07) is 7.66. The fraction of sp³-hybridized carbons (Fsp3) is 0.652. The molecular weight excluding hydrogens is 366 g/mol. The third-order valence-electron chi connectivity index (χ3n) is 4.92. The largest absolute Gasteiger partial charge is 0.444 e. The monoisotopic (exact) mass is 403 g/mol. The van der Waals surface area contributed by atoms with Crippen molar-refractivity contribution >= 4 is 17.7 Å². The second-order valence-electron chi connectivity index (χ2n) is 9.35. The lowest BCUT2D eigenvalue weighted by molar-refractivity contribution is -0.133. The number of para-hydroxylation sites is 1. The van der Waals surface area contributed by atoms with E-state index in [1.54, 1.807) is 11.9 Å². The average Bonchev–Trinajstić information content (AvgIpc) is 3.13. The molecular formula is C23H37N3O3. The Bertz CT molecular complexity index is 691. The standard InChI is InChI=1S/C23H37N3O3/c1-17(2)15-19(24-22(28)29-23(3,4)5)21(27)25(6)16-18-11-7-8-12-20(18)26-13-9-10-14-26/h7-8,11-12,17,19H,9-10,13-16H2,1-6H3,(H,24,28). The number of anilines is 1. The molecule has 2 amide bonds. The number of carbonyl (C=O) groups excluding carboxylic acids is 2. The fourth-order valence-corrected chi connectivity index (χ4v) is 3.65. The van der Waals surface area contributed by atoms with Crippen LogP contribution in [0.4, 0.5) is 10.5 Å². The van der Waals surface area contributed by atoms with E-state index in [-0.39, 0.29) is 11.8 Å². The van der Waals surface area contributed by atoms with Crippen molar-refractivity contribution in [1.82, 2.24) is 10.2 Å². The second-order valence-corrected chi connectivity index (χ2v) is 9.35. The van der Waals surface area contributed by atoms with E-state index in [2.05, 4.69) is 22.3 Å². The van der Waals surface area contributed by atoms with Gasteiger partial charge in [0.05, 0.1) is 0 Å². The normalized spacial score (nSPS) is 15.3. The molecule has 6 heteroatoms. The smallest absolute Gasteiger partial charge is 0.408 e. The van der Waals surface area contributed by atoms with Gasteiger partial charge in [0.2, 0.25) is 5.91 Å². The molecule has 1 saturated heterocycles. The Morgan fingerprint density at radius 3 is 2.38 bits per heavy atom. The Hall–Kier alpha value is -2.24. The van der Waals surface area contributed by atoms with Crippen LogP contribution in [0.2, 0.25) is 0 Å². The van der Waals surface area contributed by atoms with Crippen molar-refractivity contribution in [3.05, 3.63) is 29.8 Å². The number of hydrogen-bond donors (Lipinski definition) is 1. The molecule has 1 atom stereocenters. The molecule has 1 aliphatic heterocycles. The highest BCUT2D eigenvalue weighted by Crippen LogP contribution is 2.25. The molecule has 1 heterocycles. The third-order valence-corrected chi connectivity index (χ3v) is 4.92. The molecule has 2 rings (SSSR count). The van der Waals surface area contributed by atoms with Gasteiger partial charge in [0.1, 0.15) is 11.6 Å². The number of ether oxygens (including phenoxy) is 1. The molecule has 29 heavy (non-hydrogen) atoms. The van der Waals surface area contributed by atoms with Crippen LogP contribution in [0, 0.1) is 5.92 Å². The van der Waals surface area contributed by atoms with Crippen molar-refractivity contribution in [3.63, 3.8) is 0 Å². The van der Waals surface area contributed by atoms with E-state index < -0.39 is 17.7 Å². The van der Waals surface area contributed by atoms with Crippen molar-refractivity contribution in [2.24, 2.45) is 5.92 Å². The lowest BCUT2D eigenvalue weighted by Gasteiger charge is -2.29. The number of amides is 2. The average molecular weight is 404 g/mol. The molecule has 1 fully saturated rings. The lowest BCUT2D eigenvalue weighted by atomic mass is 10.0. The van der Waals surface area contributed by atoms with E-state index in [9.17, 15) is 9.59 Å². The van der Waals surface area contributed by atoms with Gasteiger partial charge < -0.3 is 19.9 Å². The van der Waals surface area contributed by atoms with Gasteiger partial charge in [-0.25, -0.2) is 4.79 Å². The highest BCUT2D eigenvalue weighted by Gasteiger charge is 2.28. The first-order chi connectivity index (χ1) is 13.6. The van der Waals surface area contributed by atoms with E-state index in [0.29, 0.717) is 13.0 Å². The van der Waals surface area contributed by atoms with Gasteiger partial charge in [-0.15, -0.1) is 0 Å². The van der Waals surface area contributed by atoms with Crippen LogP contribution >= 0.6 is 0 Å². The molecule has 0 radical (unpaired) electrons. The van der Waals surface area contributed by atoms with E-state index in [1.165, 1.54) is 18.5 Å². The zero-order chi connectivity index (χ0) is 21.6. The summed E-state index contributed by atoms with van der Waals surface area (Å²) in [5.74, 6) is 0.171. The molecule has 0 saturated carbocycles. The zero-order valence-electron chi connectivity index (χ0n) is 18.8. The van der Waals surface area contributed by atoms with Gasteiger partial charge in [-0.05, 0) is 57.6 Å². The predicted molar refractivity (Wildman–Crippen MR) is 117 cm³/mol.